The number of halogens is 1. The van der Waals surface area contributed by atoms with Crippen LogP contribution in [0.5, 0.6) is 11.5 Å². The molecular formula is C21H16FN3O6. The Kier molecular flexibility index (Phi) is 7.15. The van der Waals surface area contributed by atoms with Gasteiger partial charge >= 0.3 is 5.69 Å². The molecule has 0 saturated heterocycles. The fraction of sp³-hybridized carbons (Fsp3) is 0.143. The van der Waals surface area contributed by atoms with E-state index in [1.807, 2.05) is 0 Å². The highest BCUT2D eigenvalue weighted by Crippen LogP contribution is 2.38. The summed E-state index contributed by atoms with van der Waals surface area (Å²) in [7, 11) is 2.49. The summed E-state index contributed by atoms with van der Waals surface area (Å²) in [6.07, 6.45) is 0. The molecule has 0 atom stereocenters. The Labute approximate surface area is 176 Å². The molecule has 31 heavy (non-hydrogen) atoms. The summed E-state index contributed by atoms with van der Waals surface area (Å²) in [5, 5.41) is 40.7. The van der Waals surface area contributed by atoms with E-state index < -0.39 is 39.4 Å². The summed E-state index contributed by atoms with van der Waals surface area (Å²) in [5.41, 5.74) is -1.21. The van der Waals surface area contributed by atoms with Crippen LogP contribution >= 0.6 is 0 Å². The Bertz CT molecular complexity index is 1160. The molecule has 0 aliphatic carbocycles. The van der Waals surface area contributed by atoms with Crippen molar-refractivity contribution < 1.29 is 29.1 Å². The van der Waals surface area contributed by atoms with Gasteiger partial charge in [-0.05, 0) is 30.3 Å². The van der Waals surface area contributed by atoms with Gasteiger partial charge in [-0.15, -0.1) is 0 Å². The Morgan fingerprint density at radius 1 is 1.32 bits per heavy atom. The van der Waals surface area contributed by atoms with Gasteiger partial charge in [0.25, 0.3) is 5.91 Å². The SMILES string of the molecule is COc1cc(/C(O)=C(\C#N)C(=O)N(C)CC#Cc2ccc(F)cc2)cc([N+](=O)[O-])c1O. The molecule has 0 aromatic heterocycles. The number of methoxy groups -OCH3 is 1. The maximum absolute atomic E-state index is 12.9. The third-order valence-electron chi connectivity index (χ3n) is 4.05. The number of aliphatic hydroxyl groups excluding tert-OH is 1. The minimum atomic E-state index is -0.903. The van der Waals surface area contributed by atoms with E-state index in [1.165, 1.54) is 31.3 Å². The van der Waals surface area contributed by atoms with Crippen molar-refractivity contribution in [3.8, 4) is 29.4 Å². The third kappa shape index (κ3) is 5.28. The monoisotopic (exact) mass is 425 g/mol. The molecule has 2 N–H and O–H groups in total. The lowest BCUT2D eigenvalue weighted by Gasteiger charge is -2.14. The van der Waals surface area contributed by atoms with Gasteiger partial charge < -0.3 is 19.8 Å². The largest absolute Gasteiger partial charge is 0.506 e. The quantitative estimate of drug-likeness (QED) is 0.188. The number of ether oxygens (including phenoxy) is 1. The van der Waals surface area contributed by atoms with Gasteiger partial charge in [0.2, 0.25) is 5.75 Å². The minimum absolute atomic E-state index is 0.117. The number of benzene rings is 2. The highest BCUT2D eigenvalue weighted by molar-refractivity contribution is 6.03. The van der Waals surface area contributed by atoms with Crippen molar-refractivity contribution in [1.29, 1.82) is 5.26 Å². The van der Waals surface area contributed by atoms with Crippen LogP contribution in [0.4, 0.5) is 10.1 Å². The number of aromatic hydroxyl groups is 1. The van der Waals surface area contributed by atoms with Gasteiger partial charge in [0, 0.05) is 24.2 Å². The van der Waals surface area contributed by atoms with Crippen molar-refractivity contribution in [3.63, 3.8) is 0 Å². The predicted octanol–water partition coefficient (Wildman–Crippen LogP) is 2.75. The van der Waals surface area contributed by atoms with Crippen LogP contribution in [0, 0.1) is 39.1 Å². The van der Waals surface area contributed by atoms with Gasteiger partial charge in [-0.1, -0.05) is 11.8 Å². The van der Waals surface area contributed by atoms with Gasteiger partial charge in [0.05, 0.1) is 18.6 Å². The topological polar surface area (TPSA) is 137 Å². The van der Waals surface area contributed by atoms with Gasteiger partial charge in [0.15, 0.2) is 11.3 Å². The number of hydrogen-bond acceptors (Lipinski definition) is 7. The number of aliphatic hydroxyl groups is 1. The van der Waals surface area contributed by atoms with Crippen molar-refractivity contribution in [2.45, 2.75) is 0 Å². The molecule has 2 rings (SSSR count). The normalized spacial score (nSPS) is 10.8. The molecule has 2 aromatic rings. The second-order valence-electron chi connectivity index (χ2n) is 6.11. The maximum Gasteiger partial charge on any atom is 0.315 e. The van der Waals surface area contributed by atoms with Crippen LogP contribution in [0.25, 0.3) is 5.76 Å². The van der Waals surface area contributed by atoms with Crippen LogP contribution in [-0.4, -0.2) is 46.6 Å². The fourth-order valence-electron chi connectivity index (χ4n) is 2.43. The second kappa shape index (κ2) is 9.76. The minimum Gasteiger partial charge on any atom is -0.506 e. The van der Waals surface area contributed by atoms with E-state index in [-0.39, 0.29) is 17.9 Å². The second-order valence-corrected chi connectivity index (χ2v) is 6.11. The summed E-state index contributed by atoms with van der Waals surface area (Å²) in [6.45, 7) is -0.117. The average Bonchev–Trinajstić information content (AvgIpc) is 2.75. The van der Waals surface area contributed by atoms with E-state index in [2.05, 4.69) is 11.8 Å². The van der Waals surface area contributed by atoms with Crippen molar-refractivity contribution in [1.82, 2.24) is 4.90 Å². The zero-order chi connectivity index (χ0) is 23.1. The standard InChI is InChI=1S/C21H16FN3O6/c1-24(9-3-4-13-5-7-15(22)8-6-13)21(28)16(12-23)19(26)14-10-17(25(29)30)20(27)18(11-14)31-2/h5-8,10-11,26-27H,9H2,1-2H3/b19-16-. The van der Waals surface area contributed by atoms with E-state index in [9.17, 15) is 34.8 Å². The summed E-state index contributed by atoms with van der Waals surface area (Å²) in [6, 6.07) is 8.82. The zero-order valence-corrected chi connectivity index (χ0v) is 16.4. The molecule has 2 aromatic carbocycles. The lowest BCUT2D eigenvalue weighted by atomic mass is 10.1. The Hall–Kier alpha value is -4.57. The van der Waals surface area contributed by atoms with Crippen molar-refractivity contribution >= 4 is 17.4 Å². The first-order valence-corrected chi connectivity index (χ1v) is 8.58. The summed E-state index contributed by atoms with van der Waals surface area (Å²) >= 11 is 0. The molecule has 0 heterocycles. The average molecular weight is 425 g/mol. The van der Waals surface area contributed by atoms with Crippen molar-refractivity contribution in [2.24, 2.45) is 0 Å². The number of hydrogen-bond donors (Lipinski definition) is 2. The molecule has 0 fully saturated rings. The van der Waals surface area contributed by atoms with Crippen LogP contribution in [0.3, 0.4) is 0 Å². The molecule has 0 spiro atoms. The summed E-state index contributed by atoms with van der Waals surface area (Å²) in [5.74, 6) is 2.20. The van der Waals surface area contributed by atoms with Gasteiger partial charge in [-0.3, -0.25) is 14.9 Å². The van der Waals surface area contributed by atoms with Crippen molar-refractivity contribution in [3.05, 3.63) is 69.0 Å². The first-order valence-electron chi connectivity index (χ1n) is 8.58. The van der Waals surface area contributed by atoms with Crippen LogP contribution in [0.1, 0.15) is 11.1 Å². The number of phenolic OH excluding ortho intramolecular Hbond substituents is 1. The highest BCUT2D eigenvalue weighted by atomic mass is 19.1. The molecule has 0 radical (unpaired) electrons. The summed E-state index contributed by atoms with van der Waals surface area (Å²) < 4.78 is 17.7. The van der Waals surface area contributed by atoms with E-state index in [0.29, 0.717) is 5.56 Å². The molecule has 0 aliphatic heterocycles. The molecule has 9 nitrogen and oxygen atoms in total. The number of nitro benzene ring substituents is 1. The summed E-state index contributed by atoms with van der Waals surface area (Å²) in [4.78, 5) is 23.8. The molecule has 0 unspecified atom stereocenters. The third-order valence-corrected chi connectivity index (χ3v) is 4.05. The van der Waals surface area contributed by atoms with Crippen LogP contribution in [-0.2, 0) is 4.79 Å². The van der Waals surface area contributed by atoms with Crippen LogP contribution in [0.15, 0.2) is 42.0 Å². The molecule has 0 bridgehead atoms. The number of nitrogens with zero attached hydrogens (tertiary/aromatic N) is 3. The number of carbonyl (C=O) groups excluding carboxylic acids is 1. The number of nitriles is 1. The molecule has 1 amide bonds. The fourth-order valence-corrected chi connectivity index (χ4v) is 2.43. The first kappa shape index (κ1) is 22.7. The van der Waals surface area contributed by atoms with E-state index in [0.717, 1.165) is 24.1 Å². The van der Waals surface area contributed by atoms with Gasteiger partial charge in [-0.25, -0.2) is 4.39 Å². The number of phenols is 1. The lowest BCUT2D eigenvalue weighted by Crippen LogP contribution is -2.28. The van der Waals surface area contributed by atoms with E-state index in [1.54, 1.807) is 6.07 Å². The Morgan fingerprint density at radius 3 is 2.52 bits per heavy atom. The number of rotatable bonds is 5. The van der Waals surface area contributed by atoms with Crippen LogP contribution in [0.2, 0.25) is 0 Å². The number of likely N-dealkylation sites (N-methyl/N-ethyl adjacent to an activating group) is 1. The zero-order valence-electron chi connectivity index (χ0n) is 16.4. The molecule has 0 saturated carbocycles. The number of nitro groups is 1. The molecular weight excluding hydrogens is 409 g/mol. The molecule has 158 valence electrons. The smallest absolute Gasteiger partial charge is 0.315 e. The predicted molar refractivity (Wildman–Crippen MR) is 107 cm³/mol. The van der Waals surface area contributed by atoms with Gasteiger partial charge in [-0.2, -0.15) is 5.26 Å². The van der Waals surface area contributed by atoms with E-state index >= 15 is 0 Å². The molecule has 0 aliphatic rings. The first-order chi connectivity index (χ1) is 14.7. The molecule has 10 heteroatoms. The van der Waals surface area contributed by atoms with Crippen LogP contribution < -0.4 is 4.74 Å². The maximum atomic E-state index is 12.9. The van der Waals surface area contributed by atoms with E-state index in [4.69, 9.17) is 4.74 Å². The van der Waals surface area contributed by atoms with Crippen molar-refractivity contribution in [2.75, 3.05) is 20.7 Å². The number of carbonyl (C=O) groups is 1. The number of amides is 1. The van der Waals surface area contributed by atoms with Gasteiger partial charge in [0.1, 0.15) is 17.6 Å². The highest BCUT2D eigenvalue weighted by Gasteiger charge is 2.25. The Balaban J connectivity index is 2.34. The lowest BCUT2D eigenvalue weighted by molar-refractivity contribution is -0.386. The Morgan fingerprint density at radius 2 is 1.97 bits per heavy atom.